The fourth-order valence-corrected chi connectivity index (χ4v) is 2.55. The Hall–Kier alpha value is 0.190. The second-order valence-corrected chi connectivity index (χ2v) is 4.43. The molecule has 80 valence electrons. The lowest BCUT2D eigenvalue weighted by Gasteiger charge is -2.13. The Morgan fingerprint density at radius 3 is 2.36 bits per heavy atom. The van der Waals surface area contributed by atoms with Crippen LogP contribution >= 0.6 is 44.3 Å². The van der Waals surface area contributed by atoms with E-state index < -0.39 is 0 Å². The van der Waals surface area contributed by atoms with Gasteiger partial charge in [0.25, 0.3) is 0 Å². The van der Waals surface area contributed by atoms with E-state index in [-0.39, 0.29) is 24.2 Å². The molecule has 0 aliphatic carbocycles. The van der Waals surface area contributed by atoms with E-state index in [1.165, 1.54) is 0 Å². The Kier molecular flexibility index (Phi) is 6.00. The van der Waals surface area contributed by atoms with E-state index in [0.717, 1.165) is 8.95 Å². The number of halogens is 3. The number of hydrogen-bond donors (Lipinski definition) is 3. The fourth-order valence-electron chi connectivity index (χ4n) is 1.06. The predicted molar refractivity (Wildman–Crippen MR) is 66.7 cm³/mol. The molecule has 0 heterocycles. The minimum atomic E-state index is -0.345. The summed E-state index contributed by atoms with van der Waals surface area (Å²) in [6, 6.07) is 3.07. The monoisotopic (exact) mass is 344 g/mol. The highest BCUT2D eigenvalue weighted by molar-refractivity contribution is 9.11. The number of nitrogens with two attached hydrogens (primary N) is 2. The number of benzene rings is 1. The summed E-state index contributed by atoms with van der Waals surface area (Å²) < 4.78 is 1.56. The van der Waals surface area contributed by atoms with Crippen molar-refractivity contribution in [3.8, 4) is 5.75 Å². The van der Waals surface area contributed by atoms with Gasteiger partial charge in [0, 0.05) is 27.1 Å². The summed E-state index contributed by atoms with van der Waals surface area (Å²) in [4.78, 5) is 0. The molecule has 1 atom stereocenters. The average Bonchev–Trinajstić information content (AvgIpc) is 2.02. The van der Waals surface area contributed by atoms with Crippen molar-refractivity contribution in [2.24, 2.45) is 11.5 Å². The minimum Gasteiger partial charge on any atom is -0.508 e. The Labute approximate surface area is 106 Å². The molecule has 0 saturated heterocycles. The van der Waals surface area contributed by atoms with Gasteiger partial charge in [0.15, 0.2) is 0 Å². The van der Waals surface area contributed by atoms with Gasteiger partial charge in [-0.25, -0.2) is 0 Å². The maximum atomic E-state index is 9.58. The highest BCUT2D eigenvalue weighted by Gasteiger charge is 2.13. The van der Waals surface area contributed by atoms with Crippen molar-refractivity contribution >= 4 is 44.3 Å². The van der Waals surface area contributed by atoms with E-state index in [4.69, 9.17) is 11.5 Å². The molecule has 14 heavy (non-hydrogen) atoms. The van der Waals surface area contributed by atoms with Gasteiger partial charge < -0.3 is 16.6 Å². The smallest absolute Gasteiger partial charge is 0.122 e. The Balaban J connectivity index is 0.00000169. The highest BCUT2D eigenvalue weighted by Crippen LogP contribution is 2.33. The molecular weight excluding hydrogens is 335 g/mol. The normalized spacial score (nSPS) is 12.0. The van der Waals surface area contributed by atoms with Gasteiger partial charge in [-0.1, -0.05) is 31.9 Å². The molecule has 0 fully saturated rings. The Bertz CT molecular complexity index is 299. The second-order valence-electron chi connectivity index (χ2n) is 2.66. The van der Waals surface area contributed by atoms with E-state index in [1.807, 2.05) is 6.07 Å². The zero-order valence-electron chi connectivity index (χ0n) is 7.21. The van der Waals surface area contributed by atoms with Crippen molar-refractivity contribution in [2.75, 3.05) is 6.54 Å². The van der Waals surface area contributed by atoms with Crippen LogP contribution in [0.5, 0.6) is 5.75 Å². The van der Waals surface area contributed by atoms with Gasteiger partial charge in [0.05, 0.1) is 0 Å². The van der Waals surface area contributed by atoms with Gasteiger partial charge in [0.2, 0.25) is 0 Å². The number of rotatable bonds is 2. The molecule has 0 unspecified atom stereocenters. The summed E-state index contributed by atoms with van der Waals surface area (Å²) in [6.45, 7) is 0.299. The summed E-state index contributed by atoms with van der Waals surface area (Å²) in [5.74, 6) is 0.152. The third-order valence-corrected chi connectivity index (χ3v) is 2.81. The predicted octanol–water partition coefficient (Wildman–Crippen LogP) is 2.30. The zero-order valence-corrected chi connectivity index (χ0v) is 11.2. The van der Waals surface area contributed by atoms with Crippen LogP contribution in [-0.2, 0) is 0 Å². The molecule has 0 radical (unpaired) electrons. The SMILES string of the molecule is Cl.NC[C@@H](N)c1c(O)cc(Br)cc1Br. The van der Waals surface area contributed by atoms with E-state index in [2.05, 4.69) is 31.9 Å². The minimum absolute atomic E-state index is 0. The summed E-state index contributed by atoms with van der Waals surface area (Å²) in [5.41, 5.74) is 11.8. The number of hydrogen-bond acceptors (Lipinski definition) is 3. The van der Waals surface area contributed by atoms with Crippen molar-refractivity contribution in [1.29, 1.82) is 0 Å². The largest absolute Gasteiger partial charge is 0.508 e. The third-order valence-electron chi connectivity index (χ3n) is 1.70. The first-order valence-electron chi connectivity index (χ1n) is 3.69. The number of phenolic OH excluding ortho intramolecular Hbond substituents is 1. The van der Waals surface area contributed by atoms with Gasteiger partial charge in [-0.2, -0.15) is 0 Å². The van der Waals surface area contributed by atoms with Gasteiger partial charge in [-0.3, -0.25) is 0 Å². The van der Waals surface area contributed by atoms with Crippen molar-refractivity contribution < 1.29 is 5.11 Å². The van der Waals surface area contributed by atoms with Gasteiger partial charge in [0.1, 0.15) is 5.75 Å². The van der Waals surface area contributed by atoms with Crippen LogP contribution in [0.1, 0.15) is 11.6 Å². The fraction of sp³-hybridized carbons (Fsp3) is 0.250. The second kappa shape index (κ2) is 5.92. The summed E-state index contributed by atoms with van der Waals surface area (Å²) in [6.07, 6.45) is 0. The van der Waals surface area contributed by atoms with Crippen LogP contribution in [0.15, 0.2) is 21.1 Å². The first kappa shape index (κ1) is 14.2. The molecule has 1 aromatic carbocycles. The molecule has 5 N–H and O–H groups in total. The number of aromatic hydroxyl groups is 1. The zero-order chi connectivity index (χ0) is 10.0. The molecule has 0 aliphatic rings. The number of phenols is 1. The summed E-state index contributed by atoms with van der Waals surface area (Å²) in [5, 5.41) is 9.58. The molecule has 1 aromatic rings. The quantitative estimate of drug-likeness (QED) is 0.769. The molecule has 0 saturated carbocycles. The molecular formula is C8H11Br2ClN2O. The molecule has 0 aliphatic heterocycles. The summed E-state index contributed by atoms with van der Waals surface area (Å²) >= 11 is 6.57. The first-order valence-corrected chi connectivity index (χ1v) is 5.28. The van der Waals surface area contributed by atoms with Crippen LogP contribution in [0.3, 0.4) is 0 Å². The van der Waals surface area contributed by atoms with Crippen molar-refractivity contribution in [3.63, 3.8) is 0 Å². The van der Waals surface area contributed by atoms with Crippen molar-refractivity contribution in [2.45, 2.75) is 6.04 Å². The van der Waals surface area contributed by atoms with Gasteiger partial charge in [-0.15, -0.1) is 12.4 Å². The van der Waals surface area contributed by atoms with Crippen LogP contribution in [0.25, 0.3) is 0 Å². The maximum absolute atomic E-state index is 9.58. The van der Waals surface area contributed by atoms with Gasteiger partial charge >= 0.3 is 0 Å². The average molecular weight is 346 g/mol. The lowest BCUT2D eigenvalue weighted by Crippen LogP contribution is -2.21. The molecule has 6 heteroatoms. The van der Waals surface area contributed by atoms with Gasteiger partial charge in [-0.05, 0) is 12.1 Å². The van der Waals surface area contributed by atoms with Crippen molar-refractivity contribution in [1.82, 2.24) is 0 Å². The Morgan fingerprint density at radius 2 is 1.93 bits per heavy atom. The highest BCUT2D eigenvalue weighted by atomic mass is 79.9. The maximum Gasteiger partial charge on any atom is 0.122 e. The third kappa shape index (κ3) is 3.10. The van der Waals surface area contributed by atoms with E-state index in [9.17, 15) is 5.11 Å². The van der Waals surface area contributed by atoms with E-state index in [1.54, 1.807) is 6.07 Å². The first-order chi connectivity index (χ1) is 6.06. The molecule has 0 amide bonds. The topological polar surface area (TPSA) is 72.3 Å². The molecule has 3 nitrogen and oxygen atoms in total. The van der Waals surface area contributed by atoms with Crippen molar-refractivity contribution in [3.05, 3.63) is 26.6 Å². The Morgan fingerprint density at radius 1 is 1.36 bits per heavy atom. The summed E-state index contributed by atoms with van der Waals surface area (Å²) in [7, 11) is 0. The molecule has 0 aromatic heterocycles. The van der Waals surface area contributed by atoms with Crippen LogP contribution in [0, 0.1) is 0 Å². The lowest BCUT2D eigenvalue weighted by molar-refractivity contribution is 0.461. The molecule has 1 rings (SSSR count). The van der Waals surface area contributed by atoms with Crippen LogP contribution in [0.4, 0.5) is 0 Å². The molecule has 0 spiro atoms. The van der Waals surface area contributed by atoms with E-state index >= 15 is 0 Å². The van der Waals surface area contributed by atoms with Crippen LogP contribution in [0.2, 0.25) is 0 Å². The lowest BCUT2D eigenvalue weighted by atomic mass is 10.1. The van der Waals surface area contributed by atoms with Crippen LogP contribution < -0.4 is 11.5 Å². The van der Waals surface area contributed by atoms with E-state index in [0.29, 0.717) is 12.1 Å². The standard InChI is InChI=1S/C8H10Br2N2O.ClH/c9-4-1-5(10)8(6(12)3-11)7(13)2-4;/h1-2,6,13H,3,11-12H2;1H/t6-;/m1./s1. The molecule has 0 bridgehead atoms. The van der Waals surface area contributed by atoms with Crippen LogP contribution in [-0.4, -0.2) is 11.7 Å².